The van der Waals surface area contributed by atoms with E-state index < -0.39 is 5.92 Å². The predicted molar refractivity (Wildman–Crippen MR) is 122 cm³/mol. The second-order valence-electron chi connectivity index (χ2n) is 6.93. The van der Waals surface area contributed by atoms with E-state index in [-0.39, 0.29) is 11.5 Å². The van der Waals surface area contributed by atoms with Crippen molar-refractivity contribution in [2.45, 2.75) is 12.8 Å². The summed E-state index contributed by atoms with van der Waals surface area (Å²) in [5, 5.41) is 17.3. The van der Waals surface area contributed by atoms with Crippen molar-refractivity contribution in [2.75, 3.05) is 20.8 Å². The molecule has 0 aliphatic carbocycles. The fourth-order valence-electron chi connectivity index (χ4n) is 3.75. The SMILES string of the molecule is CCOc1ccc(-c2[nH]nc3c2C(c2cc(OC)c(OC)cc2Br)C(C#N)=C(N)O3)cc1. The molecule has 0 saturated carbocycles. The van der Waals surface area contributed by atoms with Gasteiger partial charge < -0.3 is 24.7 Å². The Hall–Kier alpha value is -3.64. The van der Waals surface area contributed by atoms with E-state index >= 15 is 0 Å². The van der Waals surface area contributed by atoms with E-state index in [1.54, 1.807) is 20.3 Å². The maximum absolute atomic E-state index is 9.95. The highest BCUT2D eigenvalue weighted by molar-refractivity contribution is 9.10. The molecular weight excluding hydrogens is 476 g/mol. The molecule has 1 aromatic heterocycles. The van der Waals surface area contributed by atoms with Crippen LogP contribution in [0.4, 0.5) is 0 Å². The number of ether oxygens (including phenoxy) is 4. The van der Waals surface area contributed by atoms with Crippen molar-refractivity contribution >= 4 is 15.9 Å². The number of hydrogen-bond acceptors (Lipinski definition) is 7. The average molecular weight is 497 g/mol. The van der Waals surface area contributed by atoms with E-state index in [1.807, 2.05) is 37.3 Å². The molecule has 1 atom stereocenters. The highest BCUT2D eigenvalue weighted by Gasteiger charge is 2.37. The lowest BCUT2D eigenvalue weighted by Gasteiger charge is -2.25. The Bertz CT molecular complexity index is 1230. The third kappa shape index (κ3) is 3.63. The number of H-pyrrole nitrogens is 1. The molecule has 1 aliphatic rings. The Balaban J connectivity index is 1.91. The van der Waals surface area contributed by atoms with E-state index in [4.69, 9.17) is 24.7 Å². The quantitative estimate of drug-likeness (QED) is 0.516. The maximum Gasteiger partial charge on any atom is 0.244 e. The topological polar surface area (TPSA) is 115 Å². The van der Waals surface area contributed by atoms with Gasteiger partial charge in [-0.25, -0.2) is 0 Å². The Morgan fingerprint density at radius 3 is 2.50 bits per heavy atom. The van der Waals surface area contributed by atoms with Crippen molar-refractivity contribution in [1.29, 1.82) is 5.26 Å². The number of allylic oxidation sites excluding steroid dienone is 1. The summed E-state index contributed by atoms with van der Waals surface area (Å²) in [6.45, 7) is 2.51. The minimum atomic E-state index is -0.543. The van der Waals surface area contributed by atoms with Crippen molar-refractivity contribution in [3.8, 4) is 40.5 Å². The predicted octanol–water partition coefficient (Wildman–Crippen LogP) is 4.47. The van der Waals surface area contributed by atoms with Gasteiger partial charge in [0.2, 0.25) is 11.8 Å². The number of benzene rings is 2. The van der Waals surface area contributed by atoms with Crippen molar-refractivity contribution in [3.63, 3.8) is 0 Å². The number of hydrogen-bond donors (Lipinski definition) is 2. The highest BCUT2D eigenvalue weighted by Crippen LogP contribution is 2.49. The molecule has 2 heterocycles. The summed E-state index contributed by atoms with van der Waals surface area (Å²) in [5.74, 6) is 1.64. The molecule has 0 bridgehead atoms. The second-order valence-corrected chi connectivity index (χ2v) is 7.78. The average Bonchev–Trinajstić information content (AvgIpc) is 3.22. The first kappa shape index (κ1) is 21.6. The Kier molecular flexibility index (Phi) is 5.97. The molecule has 0 fully saturated rings. The van der Waals surface area contributed by atoms with Crippen molar-refractivity contribution < 1.29 is 18.9 Å². The maximum atomic E-state index is 9.95. The summed E-state index contributed by atoms with van der Waals surface area (Å²) in [6.07, 6.45) is 0. The number of nitrogens with one attached hydrogen (secondary N) is 1. The first-order chi connectivity index (χ1) is 15.5. The van der Waals surface area contributed by atoms with Crippen LogP contribution in [0.3, 0.4) is 0 Å². The zero-order chi connectivity index (χ0) is 22.8. The monoisotopic (exact) mass is 496 g/mol. The first-order valence-electron chi connectivity index (χ1n) is 9.82. The Morgan fingerprint density at radius 1 is 1.19 bits per heavy atom. The van der Waals surface area contributed by atoms with Gasteiger partial charge in [0.15, 0.2) is 11.5 Å². The number of fused-ring (bicyclic) bond motifs is 1. The molecule has 3 N–H and O–H groups in total. The lowest BCUT2D eigenvalue weighted by Crippen LogP contribution is -2.21. The van der Waals surface area contributed by atoms with Crippen LogP contribution < -0.4 is 24.7 Å². The third-order valence-electron chi connectivity index (χ3n) is 5.21. The third-order valence-corrected chi connectivity index (χ3v) is 5.89. The van der Waals surface area contributed by atoms with Gasteiger partial charge in [-0.3, -0.25) is 5.10 Å². The number of nitrogens with two attached hydrogens (primary N) is 1. The van der Waals surface area contributed by atoms with Crippen LogP contribution in [0.15, 0.2) is 52.3 Å². The van der Waals surface area contributed by atoms with Crippen LogP contribution in [-0.4, -0.2) is 31.0 Å². The molecule has 0 amide bonds. The van der Waals surface area contributed by atoms with E-state index in [1.165, 1.54) is 0 Å². The number of aromatic amines is 1. The number of halogens is 1. The Labute approximate surface area is 193 Å². The molecule has 164 valence electrons. The molecule has 0 radical (unpaired) electrons. The van der Waals surface area contributed by atoms with Gasteiger partial charge in [0.25, 0.3) is 0 Å². The number of nitrogens with zero attached hydrogens (tertiary/aromatic N) is 2. The van der Waals surface area contributed by atoms with Crippen LogP contribution in [0.5, 0.6) is 23.1 Å². The molecule has 2 aromatic carbocycles. The fourth-order valence-corrected chi connectivity index (χ4v) is 4.30. The minimum absolute atomic E-state index is 0.0106. The standard InChI is InChI=1S/C23H21BrN4O4/c1-4-31-13-7-5-12(6-8-13)21-20-19(15(11-25)22(26)32-23(20)28-27-21)14-9-17(29-2)18(30-3)10-16(14)24/h5-10,19H,4,26H2,1-3H3,(H,27,28). The molecular formula is C23H21BrN4O4. The summed E-state index contributed by atoms with van der Waals surface area (Å²) >= 11 is 3.61. The van der Waals surface area contributed by atoms with Gasteiger partial charge in [-0.15, -0.1) is 5.10 Å². The van der Waals surface area contributed by atoms with Gasteiger partial charge in [0.05, 0.1) is 38.0 Å². The van der Waals surface area contributed by atoms with Crippen LogP contribution in [0.2, 0.25) is 0 Å². The first-order valence-corrected chi connectivity index (χ1v) is 10.6. The lowest BCUT2D eigenvalue weighted by atomic mass is 9.83. The van der Waals surface area contributed by atoms with Crippen molar-refractivity contribution in [2.24, 2.45) is 5.73 Å². The smallest absolute Gasteiger partial charge is 0.244 e. The van der Waals surface area contributed by atoms with Crippen molar-refractivity contribution in [1.82, 2.24) is 10.2 Å². The van der Waals surface area contributed by atoms with E-state index in [9.17, 15) is 5.26 Å². The van der Waals surface area contributed by atoms with Crippen LogP contribution in [0.1, 0.15) is 24.0 Å². The fraction of sp³-hybridized carbons (Fsp3) is 0.217. The number of aromatic nitrogens is 2. The van der Waals surface area contributed by atoms with E-state index in [2.05, 4.69) is 32.2 Å². The zero-order valence-corrected chi connectivity index (χ0v) is 19.3. The van der Waals surface area contributed by atoms with Crippen LogP contribution in [0, 0.1) is 11.3 Å². The van der Waals surface area contributed by atoms with Gasteiger partial charge >= 0.3 is 0 Å². The summed E-state index contributed by atoms with van der Waals surface area (Å²) in [4.78, 5) is 0. The molecule has 4 rings (SSSR count). The zero-order valence-electron chi connectivity index (χ0n) is 17.7. The van der Waals surface area contributed by atoms with Gasteiger partial charge in [-0.2, -0.15) is 5.26 Å². The normalized spacial score (nSPS) is 14.9. The molecule has 8 nitrogen and oxygen atoms in total. The highest BCUT2D eigenvalue weighted by atomic mass is 79.9. The number of nitriles is 1. The largest absolute Gasteiger partial charge is 0.494 e. The van der Waals surface area contributed by atoms with Crippen LogP contribution in [-0.2, 0) is 0 Å². The number of rotatable bonds is 6. The molecule has 0 spiro atoms. The van der Waals surface area contributed by atoms with E-state index in [0.717, 1.165) is 27.0 Å². The van der Waals surface area contributed by atoms with Crippen LogP contribution >= 0.6 is 15.9 Å². The van der Waals surface area contributed by atoms with E-state index in [0.29, 0.717) is 29.5 Å². The van der Waals surface area contributed by atoms with Crippen molar-refractivity contribution in [3.05, 3.63) is 63.5 Å². The molecule has 32 heavy (non-hydrogen) atoms. The van der Waals surface area contributed by atoms with Gasteiger partial charge in [-0.05, 0) is 48.9 Å². The van der Waals surface area contributed by atoms with Crippen LogP contribution in [0.25, 0.3) is 11.3 Å². The molecule has 9 heteroatoms. The Morgan fingerprint density at radius 2 is 1.88 bits per heavy atom. The van der Waals surface area contributed by atoms with Gasteiger partial charge in [-0.1, -0.05) is 15.9 Å². The summed E-state index contributed by atoms with van der Waals surface area (Å²) < 4.78 is 22.9. The summed E-state index contributed by atoms with van der Waals surface area (Å²) in [5.41, 5.74) is 9.43. The molecule has 1 unspecified atom stereocenters. The summed E-state index contributed by atoms with van der Waals surface area (Å²) in [7, 11) is 3.12. The second kappa shape index (κ2) is 8.85. The molecule has 0 saturated heterocycles. The minimum Gasteiger partial charge on any atom is -0.494 e. The van der Waals surface area contributed by atoms with Gasteiger partial charge in [0.1, 0.15) is 17.4 Å². The van der Waals surface area contributed by atoms with Gasteiger partial charge in [0, 0.05) is 10.0 Å². The lowest BCUT2D eigenvalue weighted by molar-refractivity contribution is 0.340. The molecule has 1 aliphatic heterocycles. The molecule has 3 aromatic rings. The summed E-state index contributed by atoms with van der Waals surface area (Å²) in [6, 6.07) is 13.4. The number of methoxy groups -OCH3 is 2.